The fraction of sp³-hybridized carbons (Fsp3) is 0.125. The van der Waals surface area contributed by atoms with E-state index < -0.39 is 6.61 Å². The zero-order chi connectivity index (χ0) is 22.1. The fourth-order valence-corrected chi connectivity index (χ4v) is 4.13. The highest BCUT2D eigenvalue weighted by atomic mass is 35.5. The number of ether oxygens (including phenoxy) is 2. The number of alkyl halides is 2. The molecule has 31 heavy (non-hydrogen) atoms. The van der Waals surface area contributed by atoms with E-state index in [1.54, 1.807) is 31.4 Å². The third-order valence-corrected chi connectivity index (χ3v) is 5.65. The van der Waals surface area contributed by atoms with Gasteiger partial charge in [0.25, 0.3) is 0 Å². The van der Waals surface area contributed by atoms with E-state index in [1.807, 2.05) is 31.2 Å². The molecule has 3 aromatic carbocycles. The predicted octanol–water partition coefficient (Wildman–Crippen LogP) is 7.79. The monoisotopic (exact) mass is 459 g/mol. The van der Waals surface area contributed by atoms with Crippen molar-refractivity contribution in [2.75, 3.05) is 7.11 Å². The number of halogens is 4. The Hall–Kier alpha value is -2.89. The molecule has 0 saturated carbocycles. The lowest BCUT2D eigenvalue weighted by Crippen LogP contribution is -2.01. The highest BCUT2D eigenvalue weighted by Crippen LogP contribution is 2.39. The molecule has 7 heteroatoms. The smallest absolute Gasteiger partial charge is 0.387 e. The van der Waals surface area contributed by atoms with E-state index in [-0.39, 0.29) is 5.75 Å². The molecule has 0 aliphatic heterocycles. The van der Waals surface area contributed by atoms with Gasteiger partial charge in [-0.05, 0) is 41.8 Å². The molecule has 158 valence electrons. The number of hydrogen-bond acceptors (Lipinski definition) is 3. The van der Waals surface area contributed by atoms with Crippen LogP contribution in [0.25, 0.3) is 33.2 Å². The predicted molar refractivity (Wildman–Crippen MR) is 121 cm³/mol. The minimum absolute atomic E-state index is 0.121. The largest absolute Gasteiger partial charge is 0.495 e. The summed E-state index contributed by atoms with van der Waals surface area (Å²) in [6.07, 6.45) is 0. The van der Waals surface area contributed by atoms with Crippen LogP contribution in [0, 0.1) is 6.92 Å². The number of benzene rings is 3. The van der Waals surface area contributed by atoms with E-state index in [0.29, 0.717) is 21.3 Å². The van der Waals surface area contributed by atoms with Crippen molar-refractivity contribution in [3.05, 3.63) is 76.4 Å². The molecule has 0 amide bonds. The van der Waals surface area contributed by atoms with Crippen LogP contribution in [0.2, 0.25) is 10.0 Å². The number of hydrogen-bond donors (Lipinski definition) is 0. The first-order valence-corrected chi connectivity index (χ1v) is 10.1. The van der Waals surface area contributed by atoms with Crippen molar-refractivity contribution >= 4 is 34.1 Å². The summed E-state index contributed by atoms with van der Waals surface area (Å²) in [6, 6.07) is 17.8. The van der Waals surface area contributed by atoms with Crippen molar-refractivity contribution in [2.24, 2.45) is 0 Å². The number of aryl methyl sites for hydroxylation is 1. The van der Waals surface area contributed by atoms with Crippen LogP contribution in [-0.4, -0.2) is 18.7 Å². The second kappa shape index (κ2) is 8.69. The van der Waals surface area contributed by atoms with Gasteiger partial charge in [0, 0.05) is 22.7 Å². The molecule has 3 nitrogen and oxygen atoms in total. The molecule has 0 spiro atoms. The van der Waals surface area contributed by atoms with Crippen LogP contribution in [0.3, 0.4) is 0 Å². The number of nitrogens with zero attached hydrogens (tertiary/aromatic N) is 1. The minimum atomic E-state index is -2.84. The van der Waals surface area contributed by atoms with E-state index >= 15 is 0 Å². The van der Waals surface area contributed by atoms with Crippen LogP contribution >= 0.6 is 23.2 Å². The molecule has 0 radical (unpaired) electrons. The van der Waals surface area contributed by atoms with Gasteiger partial charge in [0.05, 0.1) is 22.7 Å². The summed E-state index contributed by atoms with van der Waals surface area (Å²) in [5.41, 5.74) is 5.03. The Balaban J connectivity index is 1.70. The van der Waals surface area contributed by atoms with Crippen molar-refractivity contribution in [2.45, 2.75) is 13.5 Å². The van der Waals surface area contributed by atoms with Crippen molar-refractivity contribution < 1.29 is 18.3 Å². The van der Waals surface area contributed by atoms with Crippen LogP contribution in [0.4, 0.5) is 8.78 Å². The van der Waals surface area contributed by atoms with Crippen LogP contribution < -0.4 is 9.47 Å². The summed E-state index contributed by atoms with van der Waals surface area (Å²) in [6.45, 7) is -0.943. The van der Waals surface area contributed by atoms with Crippen molar-refractivity contribution in [3.8, 4) is 33.8 Å². The van der Waals surface area contributed by atoms with Gasteiger partial charge in [-0.3, -0.25) is 4.98 Å². The van der Waals surface area contributed by atoms with Crippen molar-refractivity contribution in [1.82, 2.24) is 4.98 Å². The molecule has 0 saturated heterocycles. The average Bonchev–Trinajstić information content (AvgIpc) is 2.75. The Labute approximate surface area is 188 Å². The molecule has 0 N–H and O–H groups in total. The number of fused-ring (bicyclic) bond motifs is 1. The molecular formula is C24H17Cl2F2NO2. The lowest BCUT2D eigenvalue weighted by molar-refractivity contribution is -0.0498. The molecule has 0 atom stereocenters. The van der Waals surface area contributed by atoms with Crippen LogP contribution in [0.5, 0.6) is 11.5 Å². The van der Waals surface area contributed by atoms with Gasteiger partial charge in [-0.25, -0.2) is 0 Å². The Bertz CT molecular complexity index is 1240. The van der Waals surface area contributed by atoms with Gasteiger partial charge in [0.2, 0.25) is 0 Å². The van der Waals surface area contributed by atoms with Gasteiger partial charge in [0.1, 0.15) is 11.5 Å². The van der Waals surface area contributed by atoms with E-state index in [9.17, 15) is 8.78 Å². The molecule has 1 aromatic heterocycles. The Kier molecular flexibility index (Phi) is 5.99. The van der Waals surface area contributed by atoms with E-state index in [0.717, 1.165) is 33.3 Å². The first-order chi connectivity index (χ1) is 14.9. The summed E-state index contributed by atoms with van der Waals surface area (Å²) < 4.78 is 34.3. The van der Waals surface area contributed by atoms with Gasteiger partial charge < -0.3 is 9.47 Å². The highest BCUT2D eigenvalue weighted by molar-refractivity contribution is 6.39. The molecule has 4 aromatic rings. The Morgan fingerprint density at radius 3 is 2.03 bits per heavy atom. The lowest BCUT2D eigenvalue weighted by Gasteiger charge is -2.13. The third kappa shape index (κ3) is 4.29. The first-order valence-electron chi connectivity index (χ1n) is 9.36. The summed E-state index contributed by atoms with van der Waals surface area (Å²) in [5, 5.41) is 1.77. The summed E-state index contributed by atoms with van der Waals surface area (Å²) in [5.74, 6) is 0.662. The number of pyridine rings is 1. The lowest BCUT2D eigenvalue weighted by atomic mass is 9.98. The highest BCUT2D eigenvalue weighted by Gasteiger charge is 2.15. The molecule has 0 bridgehead atoms. The summed E-state index contributed by atoms with van der Waals surface area (Å²) in [7, 11) is 1.55. The van der Waals surface area contributed by atoms with Crippen molar-refractivity contribution in [3.63, 3.8) is 0 Å². The topological polar surface area (TPSA) is 31.4 Å². The average molecular weight is 460 g/mol. The third-order valence-electron chi connectivity index (χ3n) is 4.96. The quantitative estimate of drug-likeness (QED) is 0.305. The Morgan fingerprint density at radius 1 is 0.871 bits per heavy atom. The number of methoxy groups -OCH3 is 1. The maximum Gasteiger partial charge on any atom is 0.387 e. The standard InChI is InChI=1S/C24H17Cl2F2NO2/c1-13-22(23(26)18-11-19(25)21(30-2)12-20(18)29-13)16-5-3-14(4-6-16)15-7-9-17(10-8-15)31-24(27)28/h3-12,24H,1-2H3. The van der Waals surface area contributed by atoms with Gasteiger partial charge in [-0.15, -0.1) is 0 Å². The van der Waals surface area contributed by atoms with E-state index in [4.69, 9.17) is 27.9 Å². The molecular weight excluding hydrogens is 443 g/mol. The first kappa shape index (κ1) is 21.3. The minimum Gasteiger partial charge on any atom is -0.495 e. The number of aromatic nitrogens is 1. The normalized spacial score (nSPS) is 11.2. The zero-order valence-electron chi connectivity index (χ0n) is 16.6. The van der Waals surface area contributed by atoms with Crippen LogP contribution in [0.15, 0.2) is 60.7 Å². The summed E-state index contributed by atoms with van der Waals surface area (Å²) >= 11 is 13.0. The molecule has 0 aliphatic carbocycles. The Morgan fingerprint density at radius 2 is 1.45 bits per heavy atom. The zero-order valence-corrected chi connectivity index (χ0v) is 18.1. The second-order valence-corrected chi connectivity index (χ2v) is 7.66. The second-order valence-electron chi connectivity index (χ2n) is 6.87. The van der Waals surface area contributed by atoms with Gasteiger partial charge in [-0.1, -0.05) is 59.6 Å². The van der Waals surface area contributed by atoms with E-state index in [2.05, 4.69) is 9.72 Å². The SMILES string of the molecule is COc1cc2nc(C)c(-c3ccc(-c4ccc(OC(F)F)cc4)cc3)c(Cl)c2cc1Cl. The molecule has 0 fully saturated rings. The van der Waals surface area contributed by atoms with Gasteiger partial charge >= 0.3 is 6.61 Å². The fourth-order valence-electron chi connectivity index (χ4n) is 3.49. The molecule has 1 heterocycles. The van der Waals surface area contributed by atoms with E-state index in [1.165, 1.54) is 12.1 Å². The maximum atomic E-state index is 12.3. The van der Waals surface area contributed by atoms with Gasteiger partial charge in [0.15, 0.2) is 0 Å². The van der Waals surface area contributed by atoms with Crippen LogP contribution in [-0.2, 0) is 0 Å². The van der Waals surface area contributed by atoms with Crippen molar-refractivity contribution in [1.29, 1.82) is 0 Å². The van der Waals surface area contributed by atoms with Crippen LogP contribution in [0.1, 0.15) is 5.69 Å². The molecule has 0 aliphatic rings. The molecule has 4 rings (SSSR count). The number of rotatable bonds is 5. The molecule has 0 unspecified atom stereocenters. The summed E-state index contributed by atoms with van der Waals surface area (Å²) in [4.78, 5) is 4.68. The maximum absolute atomic E-state index is 12.3. The van der Waals surface area contributed by atoms with Gasteiger partial charge in [-0.2, -0.15) is 8.78 Å².